The van der Waals surface area contributed by atoms with Gasteiger partial charge in [0.1, 0.15) is 12.3 Å². The lowest BCUT2D eigenvalue weighted by Crippen LogP contribution is -2.53. The van der Waals surface area contributed by atoms with E-state index in [1.807, 2.05) is 38.1 Å². The third kappa shape index (κ3) is 5.51. The standard InChI is InChI=1S/C28H33F3N4O2Si/c1-16-4-6-19(37-26(38)24-8-11-35(24)3)14-21(16)25(36)34-27(9-10-27)22-12-18(32-15-28(29,30)31)13-23-20(22)7-5-17(2)33-23/h4-7,12-14,24,26,32H,8-11,15H2,1-3,38H3,(H,34,36)/t24-,26?/m0/s1. The lowest BCUT2D eigenvalue weighted by Gasteiger charge is -2.41. The van der Waals surface area contributed by atoms with Crippen LogP contribution in [0.4, 0.5) is 18.9 Å². The molecule has 1 aliphatic carbocycles. The van der Waals surface area contributed by atoms with Gasteiger partial charge in [0.25, 0.3) is 5.91 Å². The second-order valence-electron chi connectivity index (χ2n) is 10.7. The first-order valence-corrected chi connectivity index (χ1v) is 14.1. The fourth-order valence-corrected chi connectivity index (χ4v) is 6.36. The monoisotopic (exact) mass is 542 g/mol. The summed E-state index contributed by atoms with van der Waals surface area (Å²) in [5.74, 6) is 0.451. The number of hydrogen-bond acceptors (Lipinski definition) is 5. The molecule has 38 heavy (non-hydrogen) atoms. The number of anilines is 1. The highest BCUT2D eigenvalue weighted by Gasteiger charge is 2.47. The van der Waals surface area contributed by atoms with E-state index < -0.39 is 18.3 Å². The van der Waals surface area contributed by atoms with Crippen molar-refractivity contribution in [1.82, 2.24) is 15.2 Å². The molecule has 2 aromatic carbocycles. The number of alkyl halides is 3. The summed E-state index contributed by atoms with van der Waals surface area (Å²) in [5, 5.41) is 6.51. The second kappa shape index (κ2) is 9.89. The second-order valence-corrected chi connectivity index (χ2v) is 11.8. The predicted molar refractivity (Wildman–Crippen MR) is 146 cm³/mol. The molecule has 1 unspecified atom stereocenters. The number of carbonyl (C=O) groups is 1. The van der Waals surface area contributed by atoms with Crippen LogP contribution in [-0.4, -0.2) is 64.1 Å². The Morgan fingerprint density at radius 1 is 1.21 bits per heavy atom. The Kier molecular flexibility index (Phi) is 6.89. The Hall–Kier alpha value is -3.11. The van der Waals surface area contributed by atoms with Crippen LogP contribution in [0.2, 0.25) is 0 Å². The fraction of sp³-hybridized carbons (Fsp3) is 0.429. The van der Waals surface area contributed by atoms with Crippen molar-refractivity contribution in [1.29, 1.82) is 0 Å². The van der Waals surface area contributed by atoms with Crippen LogP contribution in [0.15, 0.2) is 42.5 Å². The molecule has 1 aliphatic heterocycles. The van der Waals surface area contributed by atoms with Crippen molar-refractivity contribution in [2.75, 3.05) is 25.5 Å². The predicted octanol–water partition coefficient (Wildman–Crippen LogP) is 4.02. The van der Waals surface area contributed by atoms with E-state index in [0.29, 0.717) is 41.4 Å². The van der Waals surface area contributed by atoms with E-state index in [1.165, 1.54) is 0 Å². The van der Waals surface area contributed by atoms with Gasteiger partial charge < -0.3 is 20.3 Å². The number of amides is 1. The van der Waals surface area contributed by atoms with E-state index in [-0.39, 0.29) is 11.6 Å². The zero-order chi connectivity index (χ0) is 27.2. The molecular weight excluding hydrogens is 509 g/mol. The van der Waals surface area contributed by atoms with Crippen LogP contribution in [0.5, 0.6) is 5.75 Å². The summed E-state index contributed by atoms with van der Waals surface area (Å²) in [5.41, 5.74) is 3.30. The molecule has 10 heteroatoms. The van der Waals surface area contributed by atoms with Crippen LogP contribution < -0.4 is 15.4 Å². The highest BCUT2D eigenvalue weighted by atomic mass is 28.1. The minimum Gasteiger partial charge on any atom is -0.494 e. The molecule has 0 bridgehead atoms. The Labute approximate surface area is 223 Å². The van der Waals surface area contributed by atoms with E-state index in [9.17, 15) is 18.0 Å². The number of fused-ring (bicyclic) bond motifs is 1. The maximum Gasteiger partial charge on any atom is 0.405 e. The van der Waals surface area contributed by atoms with Gasteiger partial charge in [0.15, 0.2) is 0 Å². The largest absolute Gasteiger partial charge is 0.494 e. The van der Waals surface area contributed by atoms with E-state index in [0.717, 1.165) is 45.4 Å². The molecule has 1 aromatic heterocycles. The fourth-order valence-electron chi connectivity index (χ4n) is 5.25. The number of pyridine rings is 1. The molecule has 5 rings (SSSR count). The summed E-state index contributed by atoms with van der Waals surface area (Å²) >= 11 is 0. The summed E-state index contributed by atoms with van der Waals surface area (Å²) in [7, 11) is 2.97. The van der Waals surface area contributed by atoms with Crippen molar-refractivity contribution < 1.29 is 22.7 Å². The first-order valence-electron chi connectivity index (χ1n) is 13.0. The Balaban J connectivity index is 1.42. The molecule has 1 amide bonds. The number of halogens is 3. The molecule has 2 fully saturated rings. The summed E-state index contributed by atoms with van der Waals surface area (Å²) in [4.78, 5) is 20.4. The zero-order valence-corrected chi connectivity index (χ0v) is 24.1. The Morgan fingerprint density at radius 2 is 1.97 bits per heavy atom. The van der Waals surface area contributed by atoms with Gasteiger partial charge in [-0.15, -0.1) is 0 Å². The summed E-state index contributed by atoms with van der Waals surface area (Å²) in [6, 6.07) is 13.2. The average molecular weight is 543 g/mol. The van der Waals surface area contributed by atoms with Crippen molar-refractivity contribution in [3.63, 3.8) is 0 Å². The highest BCUT2D eigenvalue weighted by molar-refractivity contribution is 6.11. The van der Waals surface area contributed by atoms with Gasteiger partial charge in [0.2, 0.25) is 0 Å². The number of aryl methyl sites for hydroxylation is 2. The number of hydrogen-bond donors (Lipinski definition) is 2. The molecule has 1 saturated carbocycles. The summed E-state index contributed by atoms with van der Waals surface area (Å²) < 4.78 is 45.0. The third-order valence-corrected chi connectivity index (χ3v) is 8.72. The quantitative estimate of drug-likeness (QED) is 0.421. The van der Waals surface area contributed by atoms with Crippen LogP contribution >= 0.6 is 0 Å². The maximum atomic E-state index is 13.6. The average Bonchev–Trinajstić information content (AvgIpc) is 3.62. The first kappa shape index (κ1) is 26.5. The van der Waals surface area contributed by atoms with E-state index in [1.54, 1.807) is 18.2 Å². The minimum absolute atomic E-state index is 0.136. The third-order valence-electron chi connectivity index (χ3n) is 7.72. The number of ether oxygens (including phenoxy) is 1. The number of nitrogens with one attached hydrogen (secondary N) is 2. The molecule has 2 heterocycles. The smallest absolute Gasteiger partial charge is 0.405 e. The van der Waals surface area contributed by atoms with Crippen LogP contribution in [-0.2, 0) is 5.54 Å². The van der Waals surface area contributed by atoms with Gasteiger partial charge in [-0.05, 0) is 88.2 Å². The molecule has 2 atom stereocenters. The zero-order valence-electron chi connectivity index (χ0n) is 22.1. The topological polar surface area (TPSA) is 66.5 Å². The van der Waals surface area contributed by atoms with Crippen molar-refractivity contribution >= 4 is 32.7 Å². The van der Waals surface area contributed by atoms with Gasteiger partial charge in [-0.1, -0.05) is 12.1 Å². The van der Waals surface area contributed by atoms with Crippen molar-refractivity contribution in [2.24, 2.45) is 0 Å². The molecule has 3 aromatic rings. The van der Waals surface area contributed by atoms with Crippen LogP contribution in [0.25, 0.3) is 10.9 Å². The Bertz CT molecular complexity index is 1380. The SMILES string of the molecule is Cc1ccc2c(C3(NC(=O)c4cc(OC([SiH3])[C@@H]5CCN5C)ccc4C)CC3)cc(NCC(F)(F)F)cc2n1. The van der Waals surface area contributed by atoms with Gasteiger partial charge in [-0.25, -0.2) is 0 Å². The lowest BCUT2D eigenvalue weighted by molar-refractivity contribution is -0.115. The number of carbonyl (C=O) groups excluding carboxylic acids is 1. The summed E-state index contributed by atoms with van der Waals surface area (Å²) in [6.45, 7) is 3.66. The number of benzene rings is 2. The molecule has 0 radical (unpaired) electrons. The molecule has 202 valence electrons. The molecular formula is C28H33F3N4O2Si. The van der Waals surface area contributed by atoms with Crippen LogP contribution in [0.3, 0.4) is 0 Å². The molecule has 2 N–H and O–H groups in total. The highest BCUT2D eigenvalue weighted by Crippen LogP contribution is 2.49. The molecule has 1 saturated heterocycles. The number of likely N-dealkylation sites (N-methyl/N-ethyl adjacent to an activating group) is 1. The van der Waals surface area contributed by atoms with Gasteiger partial charge >= 0.3 is 6.18 Å². The first-order chi connectivity index (χ1) is 17.9. The van der Waals surface area contributed by atoms with E-state index in [2.05, 4.69) is 27.6 Å². The number of rotatable bonds is 8. The van der Waals surface area contributed by atoms with Crippen molar-refractivity contribution in [3.05, 3.63) is 64.8 Å². The van der Waals surface area contributed by atoms with Gasteiger partial charge in [-0.2, -0.15) is 13.2 Å². The lowest BCUT2D eigenvalue weighted by atomic mass is 9.97. The molecule has 0 spiro atoms. The molecule has 6 nitrogen and oxygen atoms in total. The number of likely N-dealkylation sites (tertiary alicyclic amines) is 1. The van der Waals surface area contributed by atoms with Gasteiger partial charge in [0, 0.05) is 28.4 Å². The van der Waals surface area contributed by atoms with Crippen LogP contribution in [0.1, 0.15) is 46.4 Å². The molecule has 2 aliphatic rings. The van der Waals surface area contributed by atoms with E-state index >= 15 is 0 Å². The van der Waals surface area contributed by atoms with Crippen molar-refractivity contribution in [2.45, 2.75) is 56.6 Å². The number of nitrogens with zero attached hydrogens (tertiary/aromatic N) is 2. The number of aromatic nitrogens is 1. The van der Waals surface area contributed by atoms with E-state index in [4.69, 9.17) is 4.74 Å². The summed E-state index contributed by atoms with van der Waals surface area (Å²) in [6.07, 6.45) is -1.85. The minimum atomic E-state index is -4.35. The van der Waals surface area contributed by atoms with Gasteiger partial charge in [0.05, 0.1) is 27.0 Å². The van der Waals surface area contributed by atoms with Crippen molar-refractivity contribution in [3.8, 4) is 5.75 Å². The Morgan fingerprint density at radius 3 is 2.61 bits per heavy atom. The van der Waals surface area contributed by atoms with Crippen LogP contribution in [0, 0.1) is 13.8 Å². The maximum absolute atomic E-state index is 13.6. The van der Waals surface area contributed by atoms with Gasteiger partial charge in [-0.3, -0.25) is 9.78 Å². The normalized spacial score (nSPS) is 19.6.